The van der Waals surface area contributed by atoms with Crippen LogP contribution in [-0.4, -0.2) is 50.0 Å². The molecule has 2 atom stereocenters. The van der Waals surface area contributed by atoms with Gasteiger partial charge in [0, 0.05) is 28.2 Å². The van der Waals surface area contributed by atoms with Gasteiger partial charge in [0.25, 0.3) is 0 Å². The molecule has 0 aliphatic heterocycles. The number of carbonyl (C=O) groups is 2. The minimum absolute atomic E-state index is 0.0480. The van der Waals surface area contributed by atoms with Gasteiger partial charge in [-0.15, -0.1) is 0 Å². The van der Waals surface area contributed by atoms with E-state index in [1.807, 2.05) is 39.8 Å². The van der Waals surface area contributed by atoms with Crippen LogP contribution in [-0.2, 0) is 26.2 Å². The van der Waals surface area contributed by atoms with Crippen molar-refractivity contribution < 1.29 is 18.0 Å². The Morgan fingerprint density at radius 3 is 1.97 bits per heavy atom. The Balaban J connectivity index is 2.50. The summed E-state index contributed by atoms with van der Waals surface area (Å²) in [6, 6.07) is 11.1. The minimum Gasteiger partial charge on any atom is -0.352 e. The first-order valence-corrected chi connectivity index (χ1v) is 15.0. The average Bonchev–Trinajstić information content (AvgIpc) is 2.83. The number of nitrogens with zero attached hydrogens (tertiary/aromatic N) is 2. The summed E-state index contributed by atoms with van der Waals surface area (Å²) in [6.07, 6.45) is 2.09. The van der Waals surface area contributed by atoms with Crippen LogP contribution in [0.5, 0.6) is 0 Å². The molecule has 0 saturated heterocycles. The minimum atomic E-state index is -3.81. The first-order valence-electron chi connectivity index (χ1n) is 12.4. The number of hydrogen-bond acceptors (Lipinski definition) is 4. The Bertz CT molecular complexity index is 1170. The molecule has 0 spiro atoms. The van der Waals surface area contributed by atoms with E-state index in [1.54, 1.807) is 37.3 Å². The fourth-order valence-corrected chi connectivity index (χ4v) is 5.22. The van der Waals surface area contributed by atoms with Gasteiger partial charge in [-0.05, 0) is 55.5 Å². The van der Waals surface area contributed by atoms with Crippen molar-refractivity contribution in [2.24, 2.45) is 0 Å². The third-order valence-electron chi connectivity index (χ3n) is 6.30. The van der Waals surface area contributed by atoms with Crippen LogP contribution in [0.15, 0.2) is 42.5 Å². The van der Waals surface area contributed by atoms with Gasteiger partial charge in [0.15, 0.2) is 0 Å². The number of carbonyl (C=O) groups excluding carboxylic acids is 2. The molecule has 10 heteroatoms. The molecule has 0 unspecified atom stereocenters. The Kier molecular flexibility index (Phi) is 11.3. The van der Waals surface area contributed by atoms with Crippen LogP contribution in [0.4, 0.5) is 5.69 Å². The molecule has 1 N–H and O–H groups in total. The third kappa shape index (κ3) is 8.35. The van der Waals surface area contributed by atoms with Crippen molar-refractivity contribution >= 4 is 50.7 Å². The maximum absolute atomic E-state index is 13.8. The summed E-state index contributed by atoms with van der Waals surface area (Å²) in [4.78, 5) is 28.4. The maximum atomic E-state index is 13.8. The van der Waals surface area contributed by atoms with E-state index in [0.29, 0.717) is 27.7 Å². The zero-order valence-corrected chi connectivity index (χ0v) is 24.6. The predicted octanol–water partition coefficient (Wildman–Crippen LogP) is 5.60. The fourth-order valence-electron chi connectivity index (χ4n) is 3.85. The number of hydrogen-bond donors (Lipinski definition) is 1. The molecule has 0 fully saturated rings. The third-order valence-corrected chi connectivity index (χ3v) is 8.15. The largest absolute Gasteiger partial charge is 0.352 e. The molecular formula is C27H37Cl2N3O4S. The first-order chi connectivity index (χ1) is 17.3. The summed E-state index contributed by atoms with van der Waals surface area (Å²) < 4.78 is 26.6. The molecule has 0 aliphatic rings. The summed E-state index contributed by atoms with van der Waals surface area (Å²) in [6.45, 7) is 9.19. The second kappa shape index (κ2) is 13.5. The van der Waals surface area contributed by atoms with Crippen molar-refractivity contribution in [2.75, 3.05) is 17.1 Å². The molecule has 0 aromatic heterocycles. The SMILES string of the molecule is CC[C@@H](C)NC(=O)[C@@H](CC)N(Cc1c(Cl)cccc1Cl)C(=O)CN(c1ccc(C(C)C)cc1)S(C)(=O)=O. The fraction of sp³-hybridized carbons (Fsp3) is 0.481. The topological polar surface area (TPSA) is 86.8 Å². The van der Waals surface area contributed by atoms with Crippen LogP contribution in [0.3, 0.4) is 0 Å². The highest BCUT2D eigenvalue weighted by atomic mass is 35.5. The lowest BCUT2D eigenvalue weighted by atomic mass is 10.0. The number of benzene rings is 2. The summed E-state index contributed by atoms with van der Waals surface area (Å²) in [5.41, 5.74) is 1.90. The van der Waals surface area contributed by atoms with Gasteiger partial charge in [0.2, 0.25) is 21.8 Å². The van der Waals surface area contributed by atoms with Crippen molar-refractivity contribution in [1.82, 2.24) is 10.2 Å². The van der Waals surface area contributed by atoms with E-state index in [4.69, 9.17) is 23.2 Å². The molecule has 7 nitrogen and oxygen atoms in total. The van der Waals surface area contributed by atoms with E-state index >= 15 is 0 Å². The molecule has 0 saturated carbocycles. The Morgan fingerprint density at radius 2 is 1.51 bits per heavy atom. The maximum Gasteiger partial charge on any atom is 0.244 e. The molecule has 0 bridgehead atoms. The highest BCUT2D eigenvalue weighted by molar-refractivity contribution is 7.92. The van der Waals surface area contributed by atoms with Crippen LogP contribution in [0.2, 0.25) is 10.0 Å². The van der Waals surface area contributed by atoms with E-state index in [9.17, 15) is 18.0 Å². The van der Waals surface area contributed by atoms with Gasteiger partial charge in [-0.2, -0.15) is 0 Å². The molecule has 2 aromatic carbocycles. The Hall–Kier alpha value is -2.29. The molecule has 0 aliphatic carbocycles. The van der Waals surface area contributed by atoms with Gasteiger partial charge in [0.05, 0.1) is 11.9 Å². The van der Waals surface area contributed by atoms with Crippen LogP contribution in [0, 0.1) is 0 Å². The van der Waals surface area contributed by atoms with Crippen LogP contribution >= 0.6 is 23.2 Å². The molecule has 204 valence electrons. The standard InChI is InChI=1S/C27H37Cl2N3O4S/c1-7-19(5)30-27(34)25(8-2)31(16-22-23(28)10-9-11-24(22)29)26(33)17-32(37(6,35)36)21-14-12-20(13-15-21)18(3)4/h9-15,18-19,25H,7-8,16-17H2,1-6H3,(H,30,34)/t19-,25-/m1/s1. The molecule has 0 radical (unpaired) electrons. The number of sulfonamides is 1. The molecule has 37 heavy (non-hydrogen) atoms. The van der Waals surface area contributed by atoms with Crippen molar-refractivity contribution in [3.8, 4) is 0 Å². The van der Waals surface area contributed by atoms with E-state index in [1.165, 1.54) is 4.90 Å². The second-order valence-corrected chi connectivity index (χ2v) is 12.2. The summed E-state index contributed by atoms with van der Waals surface area (Å²) in [7, 11) is -3.81. The van der Waals surface area contributed by atoms with Gasteiger partial charge in [-0.3, -0.25) is 13.9 Å². The normalized spacial score (nSPS) is 13.2. The molecule has 2 rings (SSSR count). The molecular weight excluding hydrogens is 533 g/mol. The van der Waals surface area contributed by atoms with Crippen molar-refractivity contribution in [3.05, 3.63) is 63.6 Å². The number of nitrogens with one attached hydrogen (secondary N) is 1. The summed E-state index contributed by atoms with van der Waals surface area (Å²) in [5, 5.41) is 3.64. The van der Waals surface area contributed by atoms with E-state index in [-0.39, 0.29) is 24.4 Å². The highest BCUT2D eigenvalue weighted by Gasteiger charge is 2.33. The van der Waals surface area contributed by atoms with Gasteiger partial charge in [-0.1, -0.05) is 69.1 Å². The second-order valence-electron chi connectivity index (χ2n) is 9.48. The quantitative estimate of drug-likeness (QED) is 0.360. The first kappa shape index (κ1) is 30.9. The number of anilines is 1. The zero-order valence-electron chi connectivity index (χ0n) is 22.3. The Morgan fingerprint density at radius 1 is 0.946 bits per heavy atom. The lowest BCUT2D eigenvalue weighted by Crippen LogP contribution is -2.53. The number of amides is 2. The van der Waals surface area contributed by atoms with Gasteiger partial charge in [0.1, 0.15) is 12.6 Å². The predicted molar refractivity (Wildman–Crippen MR) is 152 cm³/mol. The molecule has 2 amide bonds. The smallest absolute Gasteiger partial charge is 0.244 e. The average molecular weight is 571 g/mol. The van der Waals surface area contributed by atoms with E-state index in [0.717, 1.165) is 22.5 Å². The lowest BCUT2D eigenvalue weighted by molar-refractivity contribution is -0.140. The summed E-state index contributed by atoms with van der Waals surface area (Å²) >= 11 is 12.8. The lowest BCUT2D eigenvalue weighted by Gasteiger charge is -2.33. The highest BCUT2D eigenvalue weighted by Crippen LogP contribution is 2.28. The van der Waals surface area contributed by atoms with E-state index in [2.05, 4.69) is 5.32 Å². The summed E-state index contributed by atoms with van der Waals surface area (Å²) in [5.74, 6) is -0.589. The Labute approximate surface area is 231 Å². The van der Waals surface area contributed by atoms with Crippen molar-refractivity contribution in [2.45, 2.75) is 72.0 Å². The number of halogens is 2. The molecule has 2 aromatic rings. The van der Waals surface area contributed by atoms with Gasteiger partial charge >= 0.3 is 0 Å². The monoisotopic (exact) mass is 569 g/mol. The van der Waals surface area contributed by atoms with Crippen molar-refractivity contribution in [1.29, 1.82) is 0 Å². The van der Waals surface area contributed by atoms with Gasteiger partial charge in [-0.25, -0.2) is 8.42 Å². The molecule has 0 heterocycles. The van der Waals surface area contributed by atoms with Crippen LogP contribution in [0.25, 0.3) is 0 Å². The van der Waals surface area contributed by atoms with Crippen LogP contribution < -0.4 is 9.62 Å². The van der Waals surface area contributed by atoms with Crippen molar-refractivity contribution in [3.63, 3.8) is 0 Å². The van der Waals surface area contributed by atoms with Crippen LogP contribution in [0.1, 0.15) is 64.5 Å². The number of rotatable bonds is 12. The zero-order chi connectivity index (χ0) is 27.9. The van der Waals surface area contributed by atoms with Gasteiger partial charge < -0.3 is 10.2 Å². The van der Waals surface area contributed by atoms with E-state index < -0.39 is 28.5 Å².